The molecule has 1 atom stereocenters. The minimum absolute atomic E-state index is 0.163. The number of hydrogen-bond acceptors (Lipinski definition) is 3. The molecule has 2 nitrogen and oxygen atoms in total. The molecule has 1 aromatic rings. The number of rotatable bonds is 5. The maximum Gasteiger partial charge on any atom is 0.129 e. The second-order valence-corrected chi connectivity index (χ2v) is 6.75. The zero-order chi connectivity index (χ0) is 13.7. The Bertz CT molecular complexity index is 410. The Balaban J connectivity index is 1.95. The number of hydrazine groups is 1. The molecule has 3 N–H and O–H groups in total. The van der Waals surface area contributed by atoms with E-state index in [1.165, 1.54) is 38.2 Å². The Kier molecular flexibility index (Phi) is 5.95. The summed E-state index contributed by atoms with van der Waals surface area (Å²) in [7, 11) is 0. The minimum Gasteiger partial charge on any atom is -0.271 e. The molecule has 1 unspecified atom stereocenters. The van der Waals surface area contributed by atoms with Crippen LogP contribution >= 0.6 is 23.4 Å². The van der Waals surface area contributed by atoms with Crippen molar-refractivity contribution in [1.29, 1.82) is 0 Å². The van der Waals surface area contributed by atoms with Crippen LogP contribution in [0.4, 0.5) is 4.39 Å². The summed E-state index contributed by atoms with van der Waals surface area (Å²) < 4.78 is 13.9. The van der Waals surface area contributed by atoms with Gasteiger partial charge in [0.1, 0.15) is 5.82 Å². The lowest BCUT2D eigenvalue weighted by Gasteiger charge is -2.24. The first-order chi connectivity index (χ1) is 9.20. The Labute approximate surface area is 123 Å². The molecule has 0 heterocycles. The van der Waals surface area contributed by atoms with Crippen LogP contribution in [0, 0.1) is 5.82 Å². The van der Waals surface area contributed by atoms with E-state index in [-0.39, 0.29) is 11.9 Å². The third-order valence-electron chi connectivity index (χ3n) is 3.59. The first-order valence-electron chi connectivity index (χ1n) is 6.73. The molecule has 19 heavy (non-hydrogen) atoms. The van der Waals surface area contributed by atoms with Gasteiger partial charge in [-0.15, -0.1) is 0 Å². The predicted molar refractivity (Wildman–Crippen MR) is 80.8 cm³/mol. The van der Waals surface area contributed by atoms with E-state index in [4.69, 9.17) is 17.4 Å². The molecule has 1 aliphatic rings. The molecule has 0 amide bonds. The Morgan fingerprint density at radius 2 is 2.11 bits per heavy atom. The summed E-state index contributed by atoms with van der Waals surface area (Å²) in [4.78, 5) is 0. The van der Waals surface area contributed by atoms with Crippen molar-refractivity contribution in [2.24, 2.45) is 5.84 Å². The van der Waals surface area contributed by atoms with Gasteiger partial charge < -0.3 is 0 Å². The topological polar surface area (TPSA) is 38.0 Å². The molecule has 0 aliphatic heterocycles. The zero-order valence-corrected chi connectivity index (χ0v) is 12.4. The second-order valence-electron chi connectivity index (χ2n) is 4.98. The van der Waals surface area contributed by atoms with Gasteiger partial charge in [0.05, 0.1) is 6.04 Å². The van der Waals surface area contributed by atoms with E-state index in [9.17, 15) is 4.39 Å². The first-order valence-corrected chi connectivity index (χ1v) is 8.16. The van der Waals surface area contributed by atoms with E-state index >= 15 is 0 Å². The van der Waals surface area contributed by atoms with Gasteiger partial charge in [0.15, 0.2) is 0 Å². The van der Waals surface area contributed by atoms with Crippen LogP contribution in [0.5, 0.6) is 0 Å². The fourth-order valence-electron chi connectivity index (χ4n) is 2.48. The number of nitrogens with one attached hydrogen (secondary N) is 1. The standard InChI is InChI=1S/C14H20ClFN2S/c15-10-6-7-12(13(16)8-10)14(18-17)9-19-11-4-2-1-3-5-11/h6-8,11,14,18H,1-5,9,17H2. The van der Waals surface area contributed by atoms with Gasteiger partial charge in [0, 0.05) is 21.6 Å². The van der Waals surface area contributed by atoms with Crippen molar-refractivity contribution in [2.75, 3.05) is 5.75 Å². The van der Waals surface area contributed by atoms with E-state index in [2.05, 4.69) is 5.43 Å². The number of thioether (sulfide) groups is 1. The van der Waals surface area contributed by atoms with Crippen LogP contribution in [-0.2, 0) is 0 Å². The van der Waals surface area contributed by atoms with Crippen LogP contribution < -0.4 is 11.3 Å². The average molecular weight is 303 g/mol. The quantitative estimate of drug-likeness (QED) is 0.636. The third kappa shape index (κ3) is 4.35. The minimum atomic E-state index is -0.292. The molecule has 0 radical (unpaired) electrons. The molecular weight excluding hydrogens is 283 g/mol. The van der Waals surface area contributed by atoms with E-state index < -0.39 is 0 Å². The van der Waals surface area contributed by atoms with Gasteiger partial charge >= 0.3 is 0 Å². The molecule has 0 saturated heterocycles. The van der Waals surface area contributed by atoms with E-state index in [0.717, 1.165) is 5.75 Å². The SMILES string of the molecule is NNC(CSC1CCCCC1)c1ccc(Cl)cc1F. The van der Waals surface area contributed by atoms with Crippen molar-refractivity contribution in [1.82, 2.24) is 5.43 Å². The van der Waals surface area contributed by atoms with Gasteiger partial charge in [0.25, 0.3) is 0 Å². The number of hydrogen-bond donors (Lipinski definition) is 2. The lowest BCUT2D eigenvalue weighted by atomic mass is 10.0. The fraction of sp³-hybridized carbons (Fsp3) is 0.571. The smallest absolute Gasteiger partial charge is 0.129 e. The summed E-state index contributed by atoms with van der Waals surface area (Å²) in [6.07, 6.45) is 6.51. The molecule has 1 saturated carbocycles. The second kappa shape index (κ2) is 7.48. The van der Waals surface area contributed by atoms with E-state index in [1.54, 1.807) is 12.1 Å². The molecular formula is C14H20ClFN2S. The highest BCUT2D eigenvalue weighted by Gasteiger charge is 2.19. The Morgan fingerprint density at radius 3 is 2.74 bits per heavy atom. The molecule has 1 aromatic carbocycles. The molecule has 2 rings (SSSR count). The molecule has 5 heteroatoms. The van der Waals surface area contributed by atoms with Crippen LogP contribution in [0.2, 0.25) is 5.02 Å². The van der Waals surface area contributed by atoms with Gasteiger partial charge in [-0.25, -0.2) is 4.39 Å². The first kappa shape index (κ1) is 15.1. The summed E-state index contributed by atoms with van der Waals surface area (Å²) in [5.41, 5.74) is 3.31. The molecule has 0 bridgehead atoms. The molecule has 1 aliphatic carbocycles. The number of nitrogens with two attached hydrogens (primary N) is 1. The molecule has 1 fully saturated rings. The highest BCUT2D eigenvalue weighted by atomic mass is 35.5. The molecule has 0 spiro atoms. The third-order valence-corrected chi connectivity index (χ3v) is 5.29. The Hall–Kier alpha value is -0.290. The maximum atomic E-state index is 13.9. The van der Waals surface area contributed by atoms with Gasteiger partial charge in [-0.2, -0.15) is 11.8 Å². The van der Waals surface area contributed by atoms with Crippen molar-refractivity contribution >= 4 is 23.4 Å². The number of halogens is 2. The summed E-state index contributed by atoms with van der Waals surface area (Å²) in [5.74, 6) is 6.06. The van der Waals surface area contributed by atoms with Gasteiger partial charge in [-0.05, 0) is 25.0 Å². The van der Waals surface area contributed by atoms with Crippen LogP contribution in [0.25, 0.3) is 0 Å². The maximum absolute atomic E-state index is 13.9. The lowest BCUT2D eigenvalue weighted by Crippen LogP contribution is -2.31. The van der Waals surface area contributed by atoms with Crippen molar-refractivity contribution < 1.29 is 4.39 Å². The van der Waals surface area contributed by atoms with Gasteiger partial charge in [0.2, 0.25) is 0 Å². The predicted octanol–water partition coefficient (Wildman–Crippen LogP) is 4.05. The largest absolute Gasteiger partial charge is 0.271 e. The zero-order valence-electron chi connectivity index (χ0n) is 10.9. The van der Waals surface area contributed by atoms with Gasteiger partial charge in [-0.3, -0.25) is 11.3 Å². The van der Waals surface area contributed by atoms with Crippen molar-refractivity contribution in [2.45, 2.75) is 43.4 Å². The highest BCUT2D eigenvalue weighted by Crippen LogP contribution is 2.31. The molecule has 0 aromatic heterocycles. The van der Waals surface area contributed by atoms with Crippen molar-refractivity contribution in [3.05, 3.63) is 34.6 Å². The fourth-order valence-corrected chi connectivity index (χ4v) is 4.04. The summed E-state index contributed by atoms with van der Waals surface area (Å²) in [5, 5.41) is 1.11. The van der Waals surface area contributed by atoms with E-state index in [1.807, 2.05) is 11.8 Å². The van der Waals surface area contributed by atoms with Crippen LogP contribution in [-0.4, -0.2) is 11.0 Å². The summed E-state index contributed by atoms with van der Waals surface area (Å²) in [6.45, 7) is 0. The summed E-state index contributed by atoms with van der Waals surface area (Å²) in [6, 6.07) is 4.59. The van der Waals surface area contributed by atoms with E-state index in [0.29, 0.717) is 15.8 Å². The van der Waals surface area contributed by atoms with Crippen molar-refractivity contribution in [3.8, 4) is 0 Å². The highest BCUT2D eigenvalue weighted by molar-refractivity contribution is 7.99. The monoisotopic (exact) mass is 302 g/mol. The molecule has 106 valence electrons. The Morgan fingerprint density at radius 1 is 1.37 bits per heavy atom. The van der Waals surface area contributed by atoms with Crippen molar-refractivity contribution in [3.63, 3.8) is 0 Å². The normalized spacial score (nSPS) is 18.5. The average Bonchev–Trinajstić information content (AvgIpc) is 2.42. The lowest BCUT2D eigenvalue weighted by molar-refractivity contribution is 0.512. The summed E-state index contributed by atoms with van der Waals surface area (Å²) >= 11 is 7.66. The van der Waals surface area contributed by atoms with Gasteiger partial charge in [-0.1, -0.05) is 36.9 Å². The van der Waals surface area contributed by atoms with Crippen LogP contribution in [0.15, 0.2) is 18.2 Å². The van der Waals surface area contributed by atoms with Crippen LogP contribution in [0.1, 0.15) is 43.7 Å². The number of benzene rings is 1. The van der Waals surface area contributed by atoms with Crippen LogP contribution in [0.3, 0.4) is 0 Å².